The summed E-state index contributed by atoms with van der Waals surface area (Å²) in [6.07, 6.45) is 0.562. The number of carbonyl (C=O) groups excluding carboxylic acids is 1. The Labute approximate surface area is 57.6 Å². The van der Waals surface area contributed by atoms with Gasteiger partial charge in [-0.2, -0.15) is 0 Å². The Morgan fingerprint density at radius 2 is 2.40 bits per heavy atom. The lowest BCUT2D eigenvalue weighted by Crippen LogP contribution is -1.73. The zero-order chi connectivity index (χ0) is 7.56. The van der Waals surface area contributed by atoms with Gasteiger partial charge in [-0.05, 0) is 12.1 Å². The van der Waals surface area contributed by atoms with Gasteiger partial charge in [0.1, 0.15) is 0 Å². The summed E-state index contributed by atoms with van der Waals surface area (Å²) in [5.74, 6) is 0.236. The van der Waals surface area contributed by atoms with Crippen molar-refractivity contribution >= 4 is 12.0 Å². The Kier molecular flexibility index (Phi) is 1.58. The Morgan fingerprint density at radius 3 is 2.70 bits per heavy atom. The fourth-order valence-electron chi connectivity index (χ4n) is 0.571. The molecule has 0 aromatic carbocycles. The van der Waals surface area contributed by atoms with Crippen molar-refractivity contribution in [2.24, 2.45) is 0 Å². The van der Waals surface area contributed by atoms with E-state index in [1.165, 1.54) is 12.1 Å². The normalized spacial score (nSPS) is 9.20. The van der Waals surface area contributed by atoms with Gasteiger partial charge in [-0.25, -0.2) is 0 Å². The van der Waals surface area contributed by atoms with Gasteiger partial charge in [0.25, 0.3) is 0 Å². The molecule has 0 amide bonds. The zero-order valence-electron chi connectivity index (χ0n) is 5.20. The molecular weight excluding hydrogens is 132 g/mol. The van der Waals surface area contributed by atoms with Crippen molar-refractivity contribution in [2.45, 2.75) is 0 Å². The number of rotatable bonds is 2. The van der Waals surface area contributed by atoms with E-state index in [4.69, 9.17) is 9.52 Å². The molecular formula is C7H6O3. The molecule has 10 heavy (non-hydrogen) atoms. The molecule has 0 fully saturated rings. The fraction of sp³-hybridized carbons (Fsp3) is 0. The van der Waals surface area contributed by atoms with Crippen molar-refractivity contribution in [3.63, 3.8) is 0 Å². The SMILES string of the molecule is C=C(O)c1ccc(C=O)o1. The van der Waals surface area contributed by atoms with Gasteiger partial charge in [0.2, 0.25) is 0 Å². The van der Waals surface area contributed by atoms with E-state index in [0.29, 0.717) is 6.29 Å². The highest BCUT2D eigenvalue weighted by Crippen LogP contribution is 2.11. The van der Waals surface area contributed by atoms with Crippen molar-refractivity contribution in [1.29, 1.82) is 0 Å². The highest BCUT2D eigenvalue weighted by molar-refractivity contribution is 5.71. The monoisotopic (exact) mass is 138 g/mol. The van der Waals surface area contributed by atoms with Gasteiger partial charge in [0, 0.05) is 0 Å². The predicted molar refractivity (Wildman–Crippen MR) is 35.8 cm³/mol. The molecule has 0 saturated carbocycles. The van der Waals surface area contributed by atoms with Crippen LogP contribution in [0.5, 0.6) is 0 Å². The highest BCUT2D eigenvalue weighted by Gasteiger charge is 2.01. The number of hydrogen-bond acceptors (Lipinski definition) is 3. The van der Waals surface area contributed by atoms with Crippen LogP contribution in [0.4, 0.5) is 0 Å². The summed E-state index contributed by atoms with van der Waals surface area (Å²) in [6.45, 7) is 3.22. The van der Waals surface area contributed by atoms with Crippen LogP contribution >= 0.6 is 0 Å². The summed E-state index contributed by atoms with van der Waals surface area (Å²) in [7, 11) is 0. The molecule has 0 radical (unpaired) electrons. The van der Waals surface area contributed by atoms with Crippen LogP contribution in [-0.2, 0) is 0 Å². The lowest BCUT2D eigenvalue weighted by Gasteiger charge is -1.87. The van der Waals surface area contributed by atoms with Gasteiger partial charge in [0.05, 0.1) is 0 Å². The van der Waals surface area contributed by atoms with E-state index in [1.54, 1.807) is 0 Å². The molecule has 52 valence electrons. The molecule has 1 rings (SSSR count). The molecule has 0 atom stereocenters. The molecule has 0 aliphatic carbocycles. The van der Waals surface area contributed by atoms with Crippen molar-refractivity contribution in [1.82, 2.24) is 0 Å². The topological polar surface area (TPSA) is 50.4 Å². The molecule has 3 nitrogen and oxygen atoms in total. The van der Waals surface area contributed by atoms with Crippen LogP contribution in [0.15, 0.2) is 23.1 Å². The van der Waals surface area contributed by atoms with Crippen LogP contribution in [-0.4, -0.2) is 11.4 Å². The molecule has 1 N–H and O–H groups in total. The van der Waals surface area contributed by atoms with Crippen LogP contribution < -0.4 is 0 Å². The Morgan fingerprint density at radius 1 is 1.70 bits per heavy atom. The second-order valence-corrected chi connectivity index (χ2v) is 1.77. The standard InChI is InChI=1S/C7H6O3/c1-5(9)7-3-2-6(4-8)10-7/h2-4,9H,1H2. The predicted octanol–water partition coefficient (Wildman–Crippen LogP) is 1.62. The third-order valence-corrected chi connectivity index (χ3v) is 1.03. The molecule has 3 heteroatoms. The average molecular weight is 138 g/mol. The van der Waals surface area contributed by atoms with Gasteiger partial charge in [-0.15, -0.1) is 0 Å². The maximum atomic E-state index is 10.0. The van der Waals surface area contributed by atoms with Crippen LogP contribution in [0.25, 0.3) is 5.76 Å². The summed E-state index contributed by atoms with van der Waals surface area (Å²) in [6, 6.07) is 2.94. The smallest absolute Gasteiger partial charge is 0.185 e. The van der Waals surface area contributed by atoms with Crippen LogP contribution in [0, 0.1) is 0 Å². The second kappa shape index (κ2) is 2.39. The Balaban J connectivity index is 2.98. The molecule has 1 aromatic heterocycles. The summed E-state index contributed by atoms with van der Waals surface area (Å²) >= 11 is 0. The minimum atomic E-state index is -0.173. The molecule has 1 heterocycles. The minimum Gasteiger partial charge on any atom is -0.505 e. The van der Waals surface area contributed by atoms with Crippen molar-refractivity contribution in [2.75, 3.05) is 0 Å². The van der Waals surface area contributed by atoms with Crippen LogP contribution in [0.3, 0.4) is 0 Å². The third-order valence-electron chi connectivity index (χ3n) is 1.03. The van der Waals surface area contributed by atoms with Gasteiger partial charge in [0.15, 0.2) is 23.6 Å². The van der Waals surface area contributed by atoms with E-state index in [-0.39, 0.29) is 17.3 Å². The highest BCUT2D eigenvalue weighted by atomic mass is 16.4. The number of aldehydes is 1. The zero-order valence-corrected chi connectivity index (χ0v) is 5.20. The van der Waals surface area contributed by atoms with Crippen LogP contribution in [0.1, 0.15) is 16.3 Å². The summed E-state index contributed by atoms with van der Waals surface area (Å²) < 4.78 is 4.78. The first kappa shape index (κ1) is 6.61. The maximum Gasteiger partial charge on any atom is 0.185 e. The van der Waals surface area contributed by atoms with Crippen LogP contribution in [0.2, 0.25) is 0 Å². The number of carbonyl (C=O) groups is 1. The number of aliphatic hydroxyl groups excluding tert-OH is 1. The first-order valence-corrected chi connectivity index (χ1v) is 2.67. The first-order chi connectivity index (χ1) is 4.74. The number of furan rings is 1. The molecule has 0 spiro atoms. The Bertz CT molecular complexity index is 260. The Hall–Kier alpha value is -1.51. The molecule has 1 aromatic rings. The lowest BCUT2D eigenvalue weighted by atomic mass is 10.4. The van der Waals surface area contributed by atoms with Gasteiger partial charge in [-0.3, -0.25) is 4.79 Å². The molecule has 0 bridgehead atoms. The quantitative estimate of drug-likeness (QED) is 0.499. The lowest BCUT2D eigenvalue weighted by molar-refractivity contribution is 0.110. The molecule has 0 aliphatic heterocycles. The minimum absolute atomic E-state index is 0.173. The summed E-state index contributed by atoms with van der Waals surface area (Å²) in [4.78, 5) is 10.0. The number of hydrogen-bond donors (Lipinski definition) is 1. The van der Waals surface area contributed by atoms with Crippen molar-refractivity contribution < 1.29 is 14.3 Å². The van der Waals surface area contributed by atoms with E-state index in [1.807, 2.05) is 0 Å². The summed E-state index contributed by atoms with van der Waals surface area (Å²) in [5.41, 5.74) is 0. The van der Waals surface area contributed by atoms with Gasteiger partial charge in [-0.1, -0.05) is 6.58 Å². The van der Waals surface area contributed by atoms with Crippen molar-refractivity contribution in [3.8, 4) is 0 Å². The molecule has 0 aliphatic rings. The van der Waals surface area contributed by atoms with Crippen molar-refractivity contribution in [3.05, 3.63) is 30.2 Å². The van der Waals surface area contributed by atoms with E-state index < -0.39 is 0 Å². The third kappa shape index (κ3) is 1.07. The number of aliphatic hydroxyl groups is 1. The van der Waals surface area contributed by atoms with Gasteiger partial charge >= 0.3 is 0 Å². The summed E-state index contributed by atoms with van der Waals surface area (Å²) in [5, 5.41) is 8.73. The van der Waals surface area contributed by atoms with E-state index in [2.05, 4.69) is 6.58 Å². The second-order valence-electron chi connectivity index (χ2n) is 1.77. The first-order valence-electron chi connectivity index (χ1n) is 2.67. The molecule has 0 saturated heterocycles. The van der Waals surface area contributed by atoms with E-state index in [0.717, 1.165) is 0 Å². The van der Waals surface area contributed by atoms with E-state index in [9.17, 15) is 4.79 Å². The average Bonchev–Trinajstić information content (AvgIpc) is 2.34. The fourth-order valence-corrected chi connectivity index (χ4v) is 0.571. The van der Waals surface area contributed by atoms with E-state index >= 15 is 0 Å². The van der Waals surface area contributed by atoms with Gasteiger partial charge < -0.3 is 9.52 Å². The maximum absolute atomic E-state index is 10.0. The molecule has 0 unspecified atom stereocenters. The largest absolute Gasteiger partial charge is 0.505 e.